The molecule has 0 saturated heterocycles. The quantitative estimate of drug-likeness (QED) is 0.600. The van der Waals surface area contributed by atoms with Crippen molar-refractivity contribution in [3.05, 3.63) is 29.1 Å². The molecule has 0 aromatic carbocycles. The molecule has 1 aromatic rings. The van der Waals surface area contributed by atoms with Crippen molar-refractivity contribution in [2.24, 2.45) is 0 Å². The second-order valence-electron chi connectivity index (χ2n) is 2.45. The van der Waals surface area contributed by atoms with Gasteiger partial charge in [-0.1, -0.05) is 6.92 Å². The van der Waals surface area contributed by atoms with E-state index >= 15 is 0 Å². The summed E-state index contributed by atoms with van der Waals surface area (Å²) in [7, 11) is 0. The first-order chi connectivity index (χ1) is 5.29. The zero-order valence-electron chi connectivity index (χ0n) is 6.79. The number of hydrogen-bond acceptors (Lipinski definition) is 2. The van der Waals surface area contributed by atoms with Gasteiger partial charge in [0.05, 0.1) is 0 Å². The molecule has 0 unspecified atom stereocenters. The normalized spacial score (nSPS) is 9.64. The predicted octanol–water partition coefficient (Wildman–Crippen LogP) is 1.76. The van der Waals surface area contributed by atoms with Gasteiger partial charge in [-0.15, -0.1) is 0 Å². The lowest BCUT2D eigenvalue weighted by Crippen LogP contribution is -1.95. The summed E-state index contributed by atoms with van der Waals surface area (Å²) < 4.78 is 0. The minimum absolute atomic E-state index is 0.560. The van der Waals surface area contributed by atoms with E-state index in [0.717, 1.165) is 18.3 Å². The standard InChI is InChI=1S/C9H11NO/c1-3-8-4-5-10-9(6-11)7(8)2/h4-6H,3H2,1-2H3. The predicted molar refractivity (Wildman–Crippen MR) is 43.7 cm³/mol. The van der Waals surface area contributed by atoms with Gasteiger partial charge in [0, 0.05) is 6.20 Å². The average Bonchev–Trinajstić information content (AvgIpc) is 2.05. The van der Waals surface area contributed by atoms with E-state index in [0.29, 0.717) is 5.69 Å². The Bertz CT molecular complexity index is 268. The highest BCUT2D eigenvalue weighted by Crippen LogP contribution is 2.09. The van der Waals surface area contributed by atoms with Crippen molar-refractivity contribution in [2.45, 2.75) is 20.3 Å². The lowest BCUT2D eigenvalue weighted by molar-refractivity contribution is 0.111. The molecule has 0 aliphatic carbocycles. The first-order valence-corrected chi connectivity index (χ1v) is 3.69. The van der Waals surface area contributed by atoms with Crippen LogP contribution in [-0.2, 0) is 6.42 Å². The molecule has 0 bridgehead atoms. The van der Waals surface area contributed by atoms with E-state index in [4.69, 9.17) is 0 Å². The third kappa shape index (κ3) is 1.45. The lowest BCUT2D eigenvalue weighted by atomic mass is 10.1. The molecule has 0 amide bonds. The number of aldehydes is 1. The maximum Gasteiger partial charge on any atom is 0.168 e. The van der Waals surface area contributed by atoms with Crippen LogP contribution in [0.4, 0.5) is 0 Å². The first-order valence-electron chi connectivity index (χ1n) is 3.69. The van der Waals surface area contributed by atoms with Gasteiger partial charge in [-0.2, -0.15) is 0 Å². The van der Waals surface area contributed by atoms with Crippen LogP contribution in [0, 0.1) is 6.92 Å². The molecule has 11 heavy (non-hydrogen) atoms. The van der Waals surface area contributed by atoms with Crippen LogP contribution in [-0.4, -0.2) is 11.3 Å². The minimum Gasteiger partial charge on any atom is -0.296 e. The van der Waals surface area contributed by atoms with E-state index < -0.39 is 0 Å². The highest BCUT2D eigenvalue weighted by molar-refractivity contribution is 5.74. The summed E-state index contributed by atoms with van der Waals surface area (Å²) in [5.41, 5.74) is 2.76. The largest absolute Gasteiger partial charge is 0.296 e. The molecule has 1 aromatic heterocycles. The van der Waals surface area contributed by atoms with Crippen molar-refractivity contribution in [3.8, 4) is 0 Å². The van der Waals surface area contributed by atoms with Gasteiger partial charge in [-0.05, 0) is 30.5 Å². The van der Waals surface area contributed by atoms with Crippen molar-refractivity contribution in [1.82, 2.24) is 4.98 Å². The van der Waals surface area contributed by atoms with Crippen LogP contribution >= 0.6 is 0 Å². The van der Waals surface area contributed by atoms with Crippen LogP contribution in [0.15, 0.2) is 12.3 Å². The number of nitrogens with zero attached hydrogens (tertiary/aromatic N) is 1. The first kappa shape index (κ1) is 7.92. The Morgan fingerprint density at radius 3 is 2.91 bits per heavy atom. The molecule has 0 fully saturated rings. The number of carbonyl (C=O) groups excluding carboxylic acids is 1. The fraction of sp³-hybridized carbons (Fsp3) is 0.333. The van der Waals surface area contributed by atoms with Gasteiger partial charge in [0.15, 0.2) is 6.29 Å². The Hall–Kier alpha value is -1.18. The summed E-state index contributed by atoms with van der Waals surface area (Å²) in [6, 6.07) is 1.95. The molecule has 2 nitrogen and oxygen atoms in total. The highest BCUT2D eigenvalue weighted by atomic mass is 16.1. The van der Waals surface area contributed by atoms with Crippen LogP contribution in [0.1, 0.15) is 28.5 Å². The molecular formula is C9H11NO. The van der Waals surface area contributed by atoms with Crippen molar-refractivity contribution < 1.29 is 4.79 Å². The molecule has 0 aliphatic heterocycles. The third-order valence-corrected chi connectivity index (χ3v) is 1.85. The summed E-state index contributed by atoms with van der Waals surface area (Å²) >= 11 is 0. The van der Waals surface area contributed by atoms with E-state index in [1.54, 1.807) is 6.20 Å². The fourth-order valence-corrected chi connectivity index (χ4v) is 1.10. The van der Waals surface area contributed by atoms with Crippen molar-refractivity contribution in [3.63, 3.8) is 0 Å². The summed E-state index contributed by atoms with van der Waals surface area (Å²) in [4.78, 5) is 14.4. The van der Waals surface area contributed by atoms with Gasteiger partial charge in [0.1, 0.15) is 5.69 Å². The third-order valence-electron chi connectivity index (χ3n) is 1.85. The molecule has 1 heterocycles. The number of aromatic nitrogens is 1. The molecule has 2 heteroatoms. The number of aryl methyl sites for hydroxylation is 1. The van der Waals surface area contributed by atoms with Gasteiger partial charge >= 0.3 is 0 Å². The van der Waals surface area contributed by atoms with Crippen LogP contribution in [0.3, 0.4) is 0 Å². The van der Waals surface area contributed by atoms with E-state index in [1.807, 2.05) is 13.0 Å². The second kappa shape index (κ2) is 3.28. The zero-order valence-corrected chi connectivity index (χ0v) is 6.79. The summed E-state index contributed by atoms with van der Waals surface area (Å²) in [5, 5.41) is 0. The molecule has 0 aliphatic rings. The van der Waals surface area contributed by atoms with Crippen LogP contribution in [0.5, 0.6) is 0 Å². The molecular weight excluding hydrogens is 138 g/mol. The maximum atomic E-state index is 10.4. The highest BCUT2D eigenvalue weighted by Gasteiger charge is 2.00. The number of hydrogen-bond donors (Lipinski definition) is 0. The van der Waals surface area contributed by atoms with E-state index in [9.17, 15) is 4.79 Å². The molecule has 0 saturated carbocycles. The van der Waals surface area contributed by atoms with Crippen LogP contribution < -0.4 is 0 Å². The number of pyridine rings is 1. The monoisotopic (exact) mass is 149 g/mol. The van der Waals surface area contributed by atoms with Crippen LogP contribution in [0.25, 0.3) is 0 Å². The summed E-state index contributed by atoms with van der Waals surface area (Å²) in [5.74, 6) is 0. The van der Waals surface area contributed by atoms with Gasteiger partial charge in [0.2, 0.25) is 0 Å². The smallest absolute Gasteiger partial charge is 0.168 e. The Kier molecular flexibility index (Phi) is 2.36. The topological polar surface area (TPSA) is 30.0 Å². The molecule has 58 valence electrons. The average molecular weight is 149 g/mol. The molecule has 1 rings (SSSR count). The second-order valence-corrected chi connectivity index (χ2v) is 2.45. The van der Waals surface area contributed by atoms with Gasteiger partial charge in [-0.25, -0.2) is 0 Å². The Balaban J connectivity index is 3.20. The Labute approximate surface area is 66.3 Å². The number of rotatable bonds is 2. The number of carbonyl (C=O) groups is 1. The molecule has 0 spiro atoms. The van der Waals surface area contributed by atoms with E-state index in [2.05, 4.69) is 11.9 Å². The molecule has 0 N–H and O–H groups in total. The van der Waals surface area contributed by atoms with Gasteiger partial charge in [-0.3, -0.25) is 9.78 Å². The van der Waals surface area contributed by atoms with Gasteiger partial charge < -0.3 is 0 Å². The maximum absolute atomic E-state index is 10.4. The lowest BCUT2D eigenvalue weighted by Gasteiger charge is -2.02. The SMILES string of the molecule is CCc1ccnc(C=O)c1C. The fourth-order valence-electron chi connectivity index (χ4n) is 1.10. The van der Waals surface area contributed by atoms with Crippen molar-refractivity contribution in [2.75, 3.05) is 0 Å². The van der Waals surface area contributed by atoms with Crippen LogP contribution in [0.2, 0.25) is 0 Å². The summed E-state index contributed by atoms with van der Waals surface area (Å²) in [6.07, 6.45) is 3.43. The van der Waals surface area contributed by atoms with Crippen molar-refractivity contribution >= 4 is 6.29 Å². The van der Waals surface area contributed by atoms with E-state index in [1.165, 1.54) is 5.56 Å². The molecule has 0 radical (unpaired) electrons. The zero-order chi connectivity index (χ0) is 8.27. The molecule has 0 atom stereocenters. The minimum atomic E-state index is 0.560. The summed E-state index contributed by atoms with van der Waals surface area (Å²) in [6.45, 7) is 3.99. The Morgan fingerprint density at radius 1 is 1.64 bits per heavy atom. The Morgan fingerprint density at radius 2 is 2.36 bits per heavy atom. The van der Waals surface area contributed by atoms with Gasteiger partial charge in [0.25, 0.3) is 0 Å². The van der Waals surface area contributed by atoms with E-state index in [-0.39, 0.29) is 0 Å². The van der Waals surface area contributed by atoms with Crippen molar-refractivity contribution in [1.29, 1.82) is 0 Å².